The van der Waals surface area contributed by atoms with Crippen LogP contribution in [0.15, 0.2) is 84.9 Å². The maximum atomic E-state index is 13.9. The topological polar surface area (TPSA) is 166 Å². The molecule has 12 nitrogen and oxygen atoms in total. The highest BCUT2D eigenvalue weighted by Crippen LogP contribution is 2.35. The van der Waals surface area contributed by atoms with E-state index in [-0.39, 0.29) is 67.1 Å². The molecule has 1 aliphatic rings. The molecule has 52 heavy (non-hydrogen) atoms. The Hall–Kier alpha value is -5.62. The lowest BCUT2D eigenvalue weighted by molar-refractivity contribution is -0.116. The Bertz CT molecular complexity index is 1890. The maximum Gasteiger partial charge on any atom is 0.321 e. The average Bonchev–Trinajstić information content (AvgIpc) is 3.13. The number of aliphatic hydroxyl groups excluding tert-OH is 1. The molecular weight excluding hydrogens is 660 g/mol. The van der Waals surface area contributed by atoms with Crippen LogP contribution in [0.4, 0.5) is 27.5 Å². The first kappa shape index (κ1) is 37.6. The summed E-state index contributed by atoms with van der Waals surface area (Å²) in [5.41, 5.74) is 8.26. The van der Waals surface area contributed by atoms with Crippen LogP contribution in [0.25, 0.3) is 10.8 Å². The van der Waals surface area contributed by atoms with Crippen LogP contribution in [0, 0.1) is 5.92 Å². The molecule has 1 aliphatic heterocycles. The fourth-order valence-electron chi connectivity index (χ4n) is 6.24. The van der Waals surface area contributed by atoms with Crippen molar-refractivity contribution in [3.05, 3.63) is 90.5 Å². The molecule has 0 spiro atoms. The number of aliphatic hydroxyl groups is 1. The van der Waals surface area contributed by atoms with Crippen LogP contribution in [0.3, 0.4) is 0 Å². The molecule has 0 aromatic heterocycles. The molecule has 5 amide bonds. The van der Waals surface area contributed by atoms with Gasteiger partial charge in [0.2, 0.25) is 11.8 Å². The molecule has 0 fully saturated rings. The van der Waals surface area contributed by atoms with Crippen molar-refractivity contribution in [1.82, 2.24) is 9.80 Å². The lowest BCUT2D eigenvalue weighted by Crippen LogP contribution is -2.50. The molecule has 0 aliphatic carbocycles. The van der Waals surface area contributed by atoms with Crippen molar-refractivity contribution < 1.29 is 29.0 Å². The molecule has 3 atom stereocenters. The standard InChI is InChI=1S/C40H48N6O6/c1-26-23-46(27(2)25-47)39(50)30-16-12-20-34(43-37(49)22-6-4-5-21-36(48)42-33-18-10-9-17-31(33)41)38(30)52-35(26)24-45(3)40(51)44-32-19-11-14-28-13-7-8-15-29(28)32/h7-20,26-27,35,47H,4-6,21-25,41H2,1-3H3,(H,42,48)(H,43,49)(H,44,51)/t26-,27+,35+/m0/s1. The van der Waals surface area contributed by atoms with Crippen molar-refractivity contribution in [3.8, 4) is 5.75 Å². The molecule has 1 heterocycles. The number of rotatable bonds is 13. The first-order valence-electron chi connectivity index (χ1n) is 17.7. The van der Waals surface area contributed by atoms with Crippen LogP contribution in [0.1, 0.15) is 56.3 Å². The molecule has 0 saturated carbocycles. The monoisotopic (exact) mass is 708 g/mol. The summed E-state index contributed by atoms with van der Waals surface area (Å²) < 4.78 is 6.58. The number of likely N-dealkylation sites (N-methyl/N-ethyl adjacent to an activating group) is 1. The first-order valence-corrected chi connectivity index (χ1v) is 17.7. The van der Waals surface area contributed by atoms with E-state index in [0.717, 1.165) is 10.8 Å². The second-order valence-electron chi connectivity index (χ2n) is 13.4. The smallest absolute Gasteiger partial charge is 0.321 e. The van der Waals surface area contributed by atoms with E-state index in [2.05, 4.69) is 16.0 Å². The number of hydrogen-bond acceptors (Lipinski definition) is 7. The Balaban J connectivity index is 1.25. The molecule has 12 heteroatoms. The minimum atomic E-state index is -0.570. The van der Waals surface area contributed by atoms with E-state index in [1.807, 2.05) is 49.4 Å². The number of para-hydroxylation sites is 3. The second-order valence-corrected chi connectivity index (χ2v) is 13.4. The molecule has 5 rings (SSSR count). The van der Waals surface area contributed by atoms with Crippen LogP contribution in [-0.4, -0.2) is 77.5 Å². The normalized spacial score (nSPS) is 16.2. The van der Waals surface area contributed by atoms with Gasteiger partial charge in [-0.05, 0) is 55.5 Å². The molecule has 0 saturated heterocycles. The average molecular weight is 709 g/mol. The van der Waals surface area contributed by atoms with Crippen molar-refractivity contribution >= 4 is 57.3 Å². The molecular formula is C40H48N6O6. The molecule has 4 aromatic carbocycles. The van der Waals surface area contributed by atoms with Gasteiger partial charge in [0.15, 0.2) is 5.75 Å². The van der Waals surface area contributed by atoms with Gasteiger partial charge in [0.25, 0.3) is 5.91 Å². The van der Waals surface area contributed by atoms with Gasteiger partial charge < -0.3 is 41.3 Å². The zero-order valence-electron chi connectivity index (χ0n) is 29.9. The Kier molecular flexibility index (Phi) is 12.7. The number of nitrogen functional groups attached to an aromatic ring is 1. The van der Waals surface area contributed by atoms with Gasteiger partial charge in [0, 0.05) is 37.7 Å². The Morgan fingerprint density at radius 3 is 2.21 bits per heavy atom. The number of benzene rings is 4. The highest BCUT2D eigenvalue weighted by molar-refractivity contribution is 6.02. The zero-order valence-corrected chi connectivity index (χ0v) is 29.9. The number of nitrogens with two attached hydrogens (primary N) is 1. The second kappa shape index (κ2) is 17.5. The fraction of sp³-hybridized carbons (Fsp3) is 0.350. The van der Waals surface area contributed by atoms with E-state index in [9.17, 15) is 24.3 Å². The number of fused-ring (bicyclic) bond motifs is 2. The quantitative estimate of drug-likeness (QED) is 0.0799. The lowest BCUT2D eigenvalue weighted by Gasteiger charge is -2.38. The van der Waals surface area contributed by atoms with Crippen LogP contribution in [-0.2, 0) is 9.59 Å². The minimum Gasteiger partial charge on any atom is -0.485 e. The van der Waals surface area contributed by atoms with E-state index in [1.165, 1.54) is 0 Å². The van der Waals surface area contributed by atoms with Crippen molar-refractivity contribution in [1.29, 1.82) is 0 Å². The van der Waals surface area contributed by atoms with E-state index in [1.54, 1.807) is 66.2 Å². The number of carbonyl (C=O) groups excluding carboxylic acids is 4. The summed E-state index contributed by atoms with van der Waals surface area (Å²) in [6.45, 7) is 3.95. The van der Waals surface area contributed by atoms with Crippen molar-refractivity contribution in [2.45, 2.75) is 58.1 Å². The number of carbonyl (C=O) groups is 4. The fourth-order valence-corrected chi connectivity index (χ4v) is 6.24. The van der Waals surface area contributed by atoms with Gasteiger partial charge in [-0.25, -0.2) is 4.79 Å². The molecule has 0 radical (unpaired) electrons. The summed E-state index contributed by atoms with van der Waals surface area (Å²) in [5.74, 6) is -0.761. The Morgan fingerprint density at radius 1 is 0.865 bits per heavy atom. The van der Waals surface area contributed by atoms with Crippen LogP contribution >= 0.6 is 0 Å². The van der Waals surface area contributed by atoms with Gasteiger partial charge in [0.1, 0.15) is 6.10 Å². The van der Waals surface area contributed by atoms with Gasteiger partial charge in [-0.1, -0.05) is 67.9 Å². The van der Waals surface area contributed by atoms with Crippen molar-refractivity contribution in [3.63, 3.8) is 0 Å². The Morgan fingerprint density at radius 2 is 1.48 bits per heavy atom. The van der Waals surface area contributed by atoms with Crippen LogP contribution in [0.5, 0.6) is 5.75 Å². The van der Waals surface area contributed by atoms with Crippen LogP contribution < -0.4 is 26.4 Å². The molecule has 0 unspecified atom stereocenters. The maximum absolute atomic E-state index is 13.9. The van der Waals surface area contributed by atoms with Gasteiger partial charge in [-0.2, -0.15) is 0 Å². The number of amides is 5. The lowest BCUT2D eigenvalue weighted by atomic mass is 9.99. The SMILES string of the molecule is C[C@H](CO)N1C[C@H](C)[C@@H](CN(C)C(=O)Nc2cccc3ccccc23)Oc2c(NC(=O)CCCCCC(=O)Nc3ccccc3N)cccc2C1=O. The number of nitrogens with zero attached hydrogens (tertiary/aromatic N) is 2. The van der Waals surface area contributed by atoms with E-state index < -0.39 is 12.1 Å². The van der Waals surface area contributed by atoms with Gasteiger partial charge in [-0.3, -0.25) is 14.4 Å². The van der Waals surface area contributed by atoms with Crippen molar-refractivity contribution in [2.75, 3.05) is 48.4 Å². The number of nitrogens with one attached hydrogen (secondary N) is 3. The molecule has 4 aromatic rings. The summed E-state index contributed by atoms with van der Waals surface area (Å²) in [4.78, 5) is 56.0. The van der Waals surface area contributed by atoms with Crippen molar-refractivity contribution in [2.24, 2.45) is 5.92 Å². The third-order valence-corrected chi connectivity index (χ3v) is 9.34. The first-order chi connectivity index (χ1) is 25.0. The predicted molar refractivity (Wildman–Crippen MR) is 204 cm³/mol. The van der Waals surface area contributed by atoms with Gasteiger partial charge >= 0.3 is 6.03 Å². The zero-order chi connectivity index (χ0) is 37.2. The predicted octanol–water partition coefficient (Wildman–Crippen LogP) is 6.33. The summed E-state index contributed by atoms with van der Waals surface area (Å²) >= 11 is 0. The third kappa shape index (κ3) is 9.38. The number of urea groups is 1. The highest BCUT2D eigenvalue weighted by atomic mass is 16.5. The number of ether oxygens (including phenoxy) is 1. The largest absolute Gasteiger partial charge is 0.485 e. The minimum absolute atomic E-state index is 0.142. The Labute approximate surface area is 304 Å². The van der Waals surface area contributed by atoms with E-state index in [4.69, 9.17) is 10.5 Å². The molecule has 0 bridgehead atoms. The van der Waals surface area contributed by atoms with E-state index in [0.29, 0.717) is 48.4 Å². The van der Waals surface area contributed by atoms with Crippen LogP contribution in [0.2, 0.25) is 0 Å². The van der Waals surface area contributed by atoms with E-state index >= 15 is 0 Å². The highest BCUT2D eigenvalue weighted by Gasteiger charge is 2.35. The molecule has 6 N–H and O–H groups in total. The summed E-state index contributed by atoms with van der Waals surface area (Å²) in [7, 11) is 1.68. The summed E-state index contributed by atoms with van der Waals surface area (Å²) in [6, 6.07) is 24.8. The third-order valence-electron chi connectivity index (χ3n) is 9.34. The summed E-state index contributed by atoms with van der Waals surface area (Å²) in [5, 5.41) is 20.7. The number of unbranched alkanes of at least 4 members (excludes halogenated alkanes) is 2. The molecule has 274 valence electrons. The number of anilines is 4. The van der Waals surface area contributed by atoms with Gasteiger partial charge in [0.05, 0.1) is 47.5 Å². The van der Waals surface area contributed by atoms with Gasteiger partial charge in [-0.15, -0.1) is 0 Å². The summed E-state index contributed by atoms with van der Waals surface area (Å²) in [6.07, 6.45) is 1.75. The number of hydrogen-bond donors (Lipinski definition) is 5.